The first-order valence-electron chi connectivity index (χ1n) is 10.2. The predicted octanol–water partition coefficient (Wildman–Crippen LogP) is 7.77. The van der Waals surface area contributed by atoms with Gasteiger partial charge in [0.15, 0.2) is 0 Å². The Bertz CT molecular complexity index is 2010. The molecule has 8 rings (SSSR count). The van der Waals surface area contributed by atoms with Crippen LogP contribution >= 0.6 is 22.7 Å². The molecule has 0 fully saturated rings. The molecule has 5 heterocycles. The summed E-state index contributed by atoms with van der Waals surface area (Å²) in [6, 6.07) is 20.1. The lowest BCUT2D eigenvalue weighted by Gasteiger charge is -2.08. The highest BCUT2D eigenvalue weighted by atomic mass is 32.1. The molecule has 0 aliphatic carbocycles. The van der Waals surface area contributed by atoms with E-state index in [0.717, 1.165) is 11.0 Å². The van der Waals surface area contributed by atoms with Gasteiger partial charge in [-0.25, -0.2) is 4.98 Å². The fourth-order valence-electron chi connectivity index (χ4n) is 4.99. The van der Waals surface area contributed by atoms with Crippen molar-refractivity contribution in [1.82, 2.24) is 14.4 Å². The van der Waals surface area contributed by atoms with Gasteiger partial charge in [-0.3, -0.25) is 9.38 Å². The smallest absolute Gasteiger partial charge is 0.145 e. The third kappa shape index (κ3) is 1.98. The van der Waals surface area contributed by atoms with Crippen molar-refractivity contribution in [2.45, 2.75) is 0 Å². The van der Waals surface area contributed by atoms with Gasteiger partial charge in [-0.15, -0.1) is 22.7 Å². The molecular weight excluding hydrogens is 418 g/mol. The molecule has 31 heavy (non-hydrogen) atoms. The van der Waals surface area contributed by atoms with Crippen molar-refractivity contribution >= 4 is 90.3 Å². The highest BCUT2D eigenvalue weighted by Crippen LogP contribution is 2.45. The molecular formula is C26H13N3S2. The fourth-order valence-corrected chi connectivity index (χ4v) is 7.48. The summed E-state index contributed by atoms with van der Waals surface area (Å²) >= 11 is 3.77. The zero-order chi connectivity index (χ0) is 20.1. The molecule has 0 aliphatic rings. The van der Waals surface area contributed by atoms with Crippen LogP contribution in [-0.4, -0.2) is 14.4 Å². The first kappa shape index (κ1) is 16.2. The van der Waals surface area contributed by atoms with E-state index in [9.17, 15) is 0 Å². The van der Waals surface area contributed by atoms with Crippen LogP contribution < -0.4 is 0 Å². The van der Waals surface area contributed by atoms with Crippen LogP contribution in [0.2, 0.25) is 0 Å². The molecule has 0 saturated heterocycles. The van der Waals surface area contributed by atoms with Gasteiger partial charge >= 0.3 is 0 Å². The van der Waals surface area contributed by atoms with Crippen LogP contribution in [0.1, 0.15) is 0 Å². The second kappa shape index (κ2) is 5.58. The molecule has 0 amide bonds. The zero-order valence-corrected chi connectivity index (χ0v) is 17.8. The second-order valence-electron chi connectivity index (χ2n) is 7.92. The van der Waals surface area contributed by atoms with Crippen molar-refractivity contribution in [2.24, 2.45) is 0 Å². The van der Waals surface area contributed by atoms with Gasteiger partial charge in [-0.05, 0) is 30.3 Å². The summed E-state index contributed by atoms with van der Waals surface area (Å²) in [5.41, 5.74) is 2.16. The van der Waals surface area contributed by atoms with Crippen molar-refractivity contribution < 1.29 is 0 Å². The predicted molar refractivity (Wildman–Crippen MR) is 134 cm³/mol. The van der Waals surface area contributed by atoms with Crippen LogP contribution in [0.5, 0.6) is 0 Å². The Morgan fingerprint density at radius 3 is 2.58 bits per heavy atom. The molecule has 0 N–H and O–H groups in total. The minimum atomic E-state index is 0.984. The molecule has 0 spiro atoms. The van der Waals surface area contributed by atoms with Crippen molar-refractivity contribution in [2.75, 3.05) is 0 Å². The van der Waals surface area contributed by atoms with E-state index in [1.807, 2.05) is 41.3 Å². The quantitative estimate of drug-likeness (QED) is 0.230. The van der Waals surface area contributed by atoms with Crippen molar-refractivity contribution in [1.29, 1.82) is 0 Å². The first-order valence-corrected chi connectivity index (χ1v) is 11.8. The Balaban J connectivity index is 1.62. The lowest BCUT2D eigenvalue weighted by molar-refractivity contribution is 1.27. The highest BCUT2D eigenvalue weighted by molar-refractivity contribution is 7.28. The average molecular weight is 432 g/mol. The molecule has 0 bridgehead atoms. The maximum absolute atomic E-state index is 4.62. The normalized spacial score (nSPS) is 12.5. The molecule has 0 unspecified atom stereocenters. The number of aromatic nitrogens is 3. The number of nitrogens with zero attached hydrogens (tertiary/aromatic N) is 3. The molecule has 5 heteroatoms. The van der Waals surface area contributed by atoms with E-state index in [-0.39, 0.29) is 0 Å². The number of hydrogen-bond donors (Lipinski definition) is 0. The number of thiophene rings is 2. The van der Waals surface area contributed by atoms with Crippen LogP contribution in [0.3, 0.4) is 0 Å². The van der Waals surface area contributed by atoms with Gasteiger partial charge in [0.1, 0.15) is 5.65 Å². The summed E-state index contributed by atoms with van der Waals surface area (Å²) in [6.45, 7) is 0. The average Bonchev–Trinajstić information content (AvgIpc) is 3.52. The van der Waals surface area contributed by atoms with Crippen molar-refractivity contribution in [3.63, 3.8) is 0 Å². The fraction of sp³-hybridized carbons (Fsp3) is 0. The molecule has 0 atom stereocenters. The van der Waals surface area contributed by atoms with E-state index < -0.39 is 0 Å². The first-order chi connectivity index (χ1) is 15.4. The van der Waals surface area contributed by atoms with Crippen LogP contribution in [0.15, 0.2) is 79.4 Å². The minimum Gasteiger partial charge on any atom is -0.299 e. The van der Waals surface area contributed by atoms with Gasteiger partial charge in [0.05, 0.1) is 5.52 Å². The van der Waals surface area contributed by atoms with Crippen LogP contribution in [-0.2, 0) is 0 Å². The number of pyridine rings is 2. The largest absolute Gasteiger partial charge is 0.299 e. The third-order valence-electron chi connectivity index (χ3n) is 6.35. The number of hydrogen-bond acceptors (Lipinski definition) is 4. The number of imidazole rings is 1. The Hall–Kier alpha value is -3.54. The molecule has 3 nitrogen and oxygen atoms in total. The maximum Gasteiger partial charge on any atom is 0.145 e. The Morgan fingerprint density at radius 2 is 1.58 bits per heavy atom. The molecule has 0 saturated carbocycles. The number of rotatable bonds is 0. The Kier molecular flexibility index (Phi) is 2.91. The van der Waals surface area contributed by atoms with Gasteiger partial charge < -0.3 is 0 Å². The summed E-state index contributed by atoms with van der Waals surface area (Å²) in [5.74, 6) is 0. The lowest BCUT2D eigenvalue weighted by Crippen LogP contribution is -1.91. The summed E-state index contributed by atoms with van der Waals surface area (Å²) in [5, 5.41) is 8.92. The van der Waals surface area contributed by atoms with Gasteiger partial charge in [0.2, 0.25) is 0 Å². The van der Waals surface area contributed by atoms with E-state index in [2.05, 4.69) is 75.2 Å². The highest BCUT2D eigenvalue weighted by Gasteiger charge is 2.16. The minimum absolute atomic E-state index is 0.984. The standard InChI is InChI=1S/C26H13N3S2/c1-2-4-21-14(3-1)17-11-18-15-5-6-20-24(25(15)31-23(18)12-22(17)30-21)19-13-27-8-7-16(19)26-28-9-10-29(20)26/h1-13H. The Morgan fingerprint density at radius 1 is 0.677 bits per heavy atom. The van der Waals surface area contributed by atoms with E-state index in [1.165, 1.54) is 56.6 Å². The Labute approximate surface area is 183 Å². The SMILES string of the molecule is c1ccc2c(c1)sc1cc3sc4c(ccc5c4c4cnccc4c4nccn54)c3cc12. The number of benzene rings is 3. The zero-order valence-electron chi connectivity index (χ0n) is 16.2. The molecule has 3 aromatic carbocycles. The van der Waals surface area contributed by atoms with Crippen molar-refractivity contribution in [3.8, 4) is 0 Å². The molecule has 5 aromatic heterocycles. The summed E-state index contributed by atoms with van der Waals surface area (Å²) < 4.78 is 7.57. The topological polar surface area (TPSA) is 30.2 Å². The summed E-state index contributed by atoms with van der Waals surface area (Å²) in [7, 11) is 0. The second-order valence-corrected chi connectivity index (χ2v) is 10.1. The van der Waals surface area contributed by atoms with Crippen LogP contribution in [0, 0.1) is 0 Å². The van der Waals surface area contributed by atoms with E-state index >= 15 is 0 Å². The van der Waals surface area contributed by atoms with Gasteiger partial charge in [0.25, 0.3) is 0 Å². The summed E-state index contributed by atoms with van der Waals surface area (Å²) in [6.07, 6.45) is 7.77. The van der Waals surface area contributed by atoms with E-state index in [1.54, 1.807) is 0 Å². The molecule has 0 aliphatic heterocycles. The van der Waals surface area contributed by atoms with Crippen LogP contribution in [0.4, 0.5) is 0 Å². The monoisotopic (exact) mass is 431 g/mol. The molecule has 144 valence electrons. The number of fused-ring (bicyclic) bond motifs is 13. The maximum atomic E-state index is 4.62. The van der Waals surface area contributed by atoms with Gasteiger partial charge in [-0.2, -0.15) is 0 Å². The van der Waals surface area contributed by atoms with Gasteiger partial charge in [-0.1, -0.05) is 24.3 Å². The third-order valence-corrected chi connectivity index (χ3v) is 8.67. The summed E-state index contributed by atoms with van der Waals surface area (Å²) in [4.78, 5) is 9.07. The lowest BCUT2D eigenvalue weighted by atomic mass is 10.0. The van der Waals surface area contributed by atoms with Crippen LogP contribution in [0.25, 0.3) is 67.7 Å². The molecule has 0 radical (unpaired) electrons. The molecule has 8 aromatic rings. The van der Waals surface area contributed by atoms with Crippen molar-refractivity contribution in [3.05, 3.63) is 79.4 Å². The van der Waals surface area contributed by atoms with E-state index in [4.69, 9.17) is 0 Å². The van der Waals surface area contributed by atoms with E-state index in [0.29, 0.717) is 0 Å². The van der Waals surface area contributed by atoms with Gasteiger partial charge in [0, 0.05) is 81.3 Å².